The average molecular weight is 1140 g/mol. The van der Waals surface area contributed by atoms with Gasteiger partial charge < -0.3 is 64.2 Å². The number of unbranched alkanes of at least 4 members (excludes halogenated alkanes) is 12. The van der Waals surface area contributed by atoms with Crippen molar-refractivity contribution in [2.45, 2.75) is 248 Å². The van der Waals surface area contributed by atoms with Gasteiger partial charge in [0.1, 0.15) is 54.9 Å². The molecule has 2 aliphatic heterocycles. The molecule has 0 aromatic carbocycles. The third-order valence-corrected chi connectivity index (χ3v) is 13.7. The molecule has 0 bridgehead atoms. The Balaban J connectivity index is 1.72. The van der Waals surface area contributed by atoms with E-state index in [1.165, 1.54) is 32.1 Å². The quantitative estimate of drug-likeness (QED) is 0.0172. The van der Waals surface area contributed by atoms with E-state index in [1.54, 1.807) is 0 Å². The van der Waals surface area contributed by atoms with Crippen LogP contribution in [0.5, 0.6) is 0 Å². The number of hydrogen-bond donors (Lipinski definition) is 7. The van der Waals surface area contributed by atoms with Crippen molar-refractivity contribution < 1.29 is 69.0 Å². The first-order chi connectivity index (χ1) is 39.6. The van der Waals surface area contributed by atoms with Crippen molar-refractivity contribution in [1.29, 1.82) is 0 Å². The lowest BCUT2D eigenvalue weighted by Gasteiger charge is -2.42. The highest BCUT2D eigenvalue weighted by Gasteiger charge is 2.47. The highest BCUT2D eigenvalue weighted by Crippen LogP contribution is 2.26. The van der Waals surface area contributed by atoms with E-state index in [2.05, 4.69) is 148 Å². The zero-order chi connectivity index (χ0) is 58.6. The van der Waals surface area contributed by atoms with E-state index >= 15 is 0 Å². The van der Waals surface area contributed by atoms with Crippen LogP contribution in [0.4, 0.5) is 0 Å². The molecule has 11 unspecified atom stereocenters. The highest BCUT2D eigenvalue weighted by molar-refractivity contribution is 5.69. The summed E-state index contributed by atoms with van der Waals surface area (Å²) < 4.78 is 34.4. The van der Waals surface area contributed by atoms with Gasteiger partial charge in [0.25, 0.3) is 0 Å². The molecule has 2 rings (SSSR count). The maximum absolute atomic E-state index is 13.1. The van der Waals surface area contributed by atoms with Crippen molar-refractivity contribution in [1.82, 2.24) is 0 Å². The molecule has 2 fully saturated rings. The Labute approximate surface area is 488 Å². The van der Waals surface area contributed by atoms with Crippen LogP contribution in [-0.4, -0.2) is 142 Å². The van der Waals surface area contributed by atoms with Crippen LogP contribution in [0.15, 0.2) is 134 Å². The molecule has 7 N–H and O–H groups in total. The van der Waals surface area contributed by atoms with Crippen LogP contribution >= 0.6 is 0 Å². The Morgan fingerprint density at radius 2 is 0.765 bits per heavy atom. The number of aliphatic hydroxyl groups excluding tert-OH is 7. The van der Waals surface area contributed by atoms with Gasteiger partial charge in [0, 0.05) is 13.0 Å². The molecule has 0 aliphatic carbocycles. The van der Waals surface area contributed by atoms with E-state index in [0.29, 0.717) is 13.0 Å². The summed E-state index contributed by atoms with van der Waals surface area (Å²) in [5, 5.41) is 72.5. The molecule has 14 heteroatoms. The lowest BCUT2D eigenvalue weighted by molar-refractivity contribution is -0.332. The van der Waals surface area contributed by atoms with Crippen LogP contribution < -0.4 is 0 Å². The molecule has 0 saturated carbocycles. The van der Waals surface area contributed by atoms with E-state index in [0.717, 1.165) is 122 Å². The molecule has 11 atom stereocenters. The number of ether oxygens (including phenoxy) is 6. The zero-order valence-corrected chi connectivity index (χ0v) is 49.5. The summed E-state index contributed by atoms with van der Waals surface area (Å²) in [6.45, 7) is 3.35. The van der Waals surface area contributed by atoms with Crippen molar-refractivity contribution in [3.05, 3.63) is 134 Å². The first-order valence-electron chi connectivity index (χ1n) is 30.8. The van der Waals surface area contributed by atoms with Gasteiger partial charge in [-0.3, -0.25) is 4.79 Å². The predicted octanol–water partition coefficient (Wildman–Crippen LogP) is 11.9. The normalized spacial score (nSPS) is 24.7. The Hall–Kier alpha value is -3.87. The second kappa shape index (κ2) is 51.7. The fourth-order valence-electron chi connectivity index (χ4n) is 8.78. The van der Waals surface area contributed by atoms with Crippen molar-refractivity contribution in [2.75, 3.05) is 33.0 Å². The van der Waals surface area contributed by atoms with Crippen LogP contribution in [0.25, 0.3) is 0 Å². The highest BCUT2D eigenvalue weighted by atomic mass is 16.7. The van der Waals surface area contributed by atoms with Crippen molar-refractivity contribution in [3.8, 4) is 0 Å². The predicted molar refractivity (Wildman–Crippen MR) is 325 cm³/mol. The Kier molecular flexibility index (Phi) is 46.8. The molecule has 0 aromatic heterocycles. The number of allylic oxidation sites excluding steroid dienone is 22. The summed E-state index contributed by atoms with van der Waals surface area (Å²) in [4.78, 5) is 13.1. The standard InChI is InChI=1S/C67H108O14/c1-3-5-7-9-11-13-15-17-19-21-23-25-27-28-29-30-32-34-36-38-40-42-44-46-48-50-59(69)79-56(53-76-51-49-47-45-43-41-39-37-35-33-31-26-24-22-20-18-16-14-12-10-8-6-4-2)54-77-66-65(75)63(73)61(71)58(81-66)55-78-67-64(74)62(72)60(70)57(52-68)80-67/h5-8,11-14,17-20,23-26,28-29,33,35,39,41,56-58,60-68,70-75H,3-4,9-10,15-16,21-22,27,30-32,34,36-38,40,42-55H2,1-2H3/b7-5-,8-6-,13-11-,14-12-,19-17-,20-18-,25-23-,26-24-,29-28-,35-33-,41-39-. The molecule has 0 aromatic rings. The molecule has 460 valence electrons. The largest absolute Gasteiger partial charge is 0.457 e. The summed E-state index contributed by atoms with van der Waals surface area (Å²) in [5.41, 5.74) is 0. The van der Waals surface area contributed by atoms with E-state index in [-0.39, 0.29) is 19.6 Å². The van der Waals surface area contributed by atoms with E-state index in [4.69, 9.17) is 28.4 Å². The van der Waals surface area contributed by atoms with Gasteiger partial charge in [0.05, 0.1) is 26.4 Å². The molecule has 81 heavy (non-hydrogen) atoms. The number of esters is 1. The summed E-state index contributed by atoms with van der Waals surface area (Å²) in [5.74, 6) is -0.401. The zero-order valence-electron chi connectivity index (χ0n) is 49.5. The fraction of sp³-hybridized carbons (Fsp3) is 0.657. The van der Waals surface area contributed by atoms with Gasteiger partial charge in [-0.05, 0) is 109 Å². The van der Waals surface area contributed by atoms with Gasteiger partial charge >= 0.3 is 5.97 Å². The molecule has 14 nitrogen and oxygen atoms in total. The van der Waals surface area contributed by atoms with Crippen LogP contribution in [0.2, 0.25) is 0 Å². The molecular weight excluding hydrogens is 1030 g/mol. The maximum Gasteiger partial charge on any atom is 0.306 e. The topological polar surface area (TPSA) is 214 Å². The molecule has 2 aliphatic rings. The van der Waals surface area contributed by atoms with Gasteiger partial charge in [-0.1, -0.05) is 199 Å². The monoisotopic (exact) mass is 1140 g/mol. The molecular formula is C67H108O14. The minimum Gasteiger partial charge on any atom is -0.457 e. The molecule has 0 spiro atoms. The third kappa shape index (κ3) is 37.9. The average Bonchev–Trinajstić information content (AvgIpc) is 3.57. The van der Waals surface area contributed by atoms with Gasteiger partial charge in [-0.2, -0.15) is 0 Å². The Morgan fingerprint density at radius 1 is 0.407 bits per heavy atom. The number of hydrogen-bond acceptors (Lipinski definition) is 14. The summed E-state index contributed by atoms with van der Waals surface area (Å²) >= 11 is 0. The van der Waals surface area contributed by atoms with Gasteiger partial charge in [-0.15, -0.1) is 0 Å². The van der Waals surface area contributed by atoms with E-state index in [1.807, 2.05) is 0 Å². The van der Waals surface area contributed by atoms with Crippen LogP contribution in [0.1, 0.15) is 181 Å². The first-order valence-corrected chi connectivity index (χ1v) is 30.8. The van der Waals surface area contributed by atoms with Crippen molar-refractivity contribution in [2.24, 2.45) is 0 Å². The van der Waals surface area contributed by atoms with Crippen molar-refractivity contribution >= 4 is 5.97 Å². The summed E-state index contributed by atoms with van der Waals surface area (Å²) in [6.07, 6.45) is 57.9. The van der Waals surface area contributed by atoms with Gasteiger partial charge in [-0.25, -0.2) is 0 Å². The maximum atomic E-state index is 13.1. The second-order valence-corrected chi connectivity index (χ2v) is 20.8. The third-order valence-electron chi connectivity index (χ3n) is 13.7. The first kappa shape index (κ1) is 73.2. The summed E-state index contributed by atoms with van der Waals surface area (Å²) in [6, 6.07) is 0. The van der Waals surface area contributed by atoms with Crippen LogP contribution in [-0.2, 0) is 33.2 Å². The van der Waals surface area contributed by atoms with E-state index < -0.39 is 86.7 Å². The smallest absolute Gasteiger partial charge is 0.306 e. The van der Waals surface area contributed by atoms with Crippen LogP contribution in [0, 0.1) is 0 Å². The molecule has 2 heterocycles. The van der Waals surface area contributed by atoms with Gasteiger partial charge in [0.2, 0.25) is 0 Å². The number of rotatable bonds is 48. The second-order valence-electron chi connectivity index (χ2n) is 20.8. The minimum absolute atomic E-state index is 0.0266. The van der Waals surface area contributed by atoms with Gasteiger partial charge in [0.15, 0.2) is 12.6 Å². The fourth-order valence-corrected chi connectivity index (χ4v) is 8.78. The number of carbonyl (C=O) groups is 1. The molecule has 0 radical (unpaired) electrons. The Morgan fingerprint density at radius 3 is 1.20 bits per heavy atom. The minimum atomic E-state index is -1.72. The number of aliphatic hydroxyl groups is 7. The number of carbonyl (C=O) groups excluding carboxylic acids is 1. The Bertz CT molecular complexity index is 1850. The van der Waals surface area contributed by atoms with Crippen molar-refractivity contribution in [3.63, 3.8) is 0 Å². The summed E-state index contributed by atoms with van der Waals surface area (Å²) in [7, 11) is 0. The molecule has 2 saturated heterocycles. The SMILES string of the molecule is CC/C=C\C/C=C\C/C=C\C/C=C\C/C=C\C/C=C\CCCCCOCC(COC1OC(COC2OC(CO)C(O)C(O)C2O)C(O)C(O)C1O)OC(=O)CCCCCCCCCCC/C=C\C/C=C\C/C=C\C/C=C\C/C=C\CC. The van der Waals surface area contributed by atoms with E-state index in [9.17, 15) is 40.5 Å². The lowest BCUT2D eigenvalue weighted by Crippen LogP contribution is -2.61. The molecule has 0 amide bonds. The van der Waals surface area contributed by atoms with Crippen LogP contribution in [0.3, 0.4) is 0 Å². The lowest BCUT2D eigenvalue weighted by atomic mass is 9.98.